The average molecular weight is 181 g/mol. The summed E-state index contributed by atoms with van der Waals surface area (Å²) in [5.74, 6) is -0.439. The maximum absolute atomic E-state index is 11.2. The van der Waals surface area contributed by atoms with Gasteiger partial charge in [-0.2, -0.15) is 0 Å². The van der Waals surface area contributed by atoms with Gasteiger partial charge >= 0.3 is 0 Å². The van der Waals surface area contributed by atoms with Crippen LogP contribution < -0.4 is 0 Å². The Labute approximate surface area is 76.2 Å². The van der Waals surface area contributed by atoms with Crippen LogP contribution in [0.4, 0.5) is 0 Å². The van der Waals surface area contributed by atoms with Crippen LogP contribution >= 0.6 is 0 Å². The van der Waals surface area contributed by atoms with Gasteiger partial charge in [-0.1, -0.05) is 0 Å². The molecule has 1 amide bonds. The summed E-state index contributed by atoms with van der Waals surface area (Å²) >= 11 is 0. The van der Waals surface area contributed by atoms with Crippen LogP contribution in [-0.2, 0) is 14.4 Å². The van der Waals surface area contributed by atoms with Crippen molar-refractivity contribution < 1.29 is 14.4 Å². The number of hydrogen-bond donors (Lipinski definition) is 0. The number of amides is 1. The zero-order valence-electron chi connectivity index (χ0n) is 7.66. The zero-order chi connectivity index (χ0) is 10.0. The lowest BCUT2D eigenvalue weighted by molar-refractivity contribution is -0.126. The third-order valence-electron chi connectivity index (χ3n) is 1.82. The highest BCUT2D eigenvalue weighted by Gasteiger charge is 2.28. The molecule has 1 saturated heterocycles. The number of ketones is 2. The molecule has 70 valence electrons. The Morgan fingerprint density at radius 2 is 2.00 bits per heavy atom. The van der Waals surface area contributed by atoms with Crippen LogP contribution in [0, 0.1) is 0 Å². The summed E-state index contributed by atoms with van der Waals surface area (Å²) in [6, 6.07) is 0. The van der Waals surface area contributed by atoms with Crippen molar-refractivity contribution in [3.8, 4) is 0 Å². The Morgan fingerprint density at radius 3 is 2.38 bits per heavy atom. The minimum atomic E-state index is -0.222. The maximum atomic E-state index is 11.2. The van der Waals surface area contributed by atoms with E-state index in [1.807, 2.05) is 0 Å². The molecule has 4 nitrogen and oxygen atoms in total. The fraction of sp³-hybridized carbons (Fsp3) is 0.444. The molecule has 13 heavy (non-hydrogen) atoms. The van der Waals surface area contributed by atoms with Gasteiger partial charge < -0.3 is 4.90 Å². The molecule has 4 heteroatoms. The largest absolute Gasteiger partial charge is 0.309 e. The van der Waals surface area contributed by atoms with Crippen LogP contribution in [0.1, 0.15) is 20.3 Å². The predicted octanol–water partition coefficient (Wildman–Crippen LogP) is 0.281. The van der Waals surface area contributed by atoms with Gasteiger partial charge in [-0.15, -0.1) is 0 Å². The molecule has 0 N–H and O–H groups in total. The first-order valence-electron chi connectivity index (χ1n) is 4.01. The molecule has 0 atom stereocenters. The van der Waals surface area contributed by atoms with Gasteiger partial charge in [0.15, 0.2) is 11.6 Å². The lowest BCUT2D eigenvalue weighted by atomic mass is 10.3. The highest BCUT2D eigenvalue weighted by atomic mass is 16.2. The second-order valence-corrected chi connectivity index (χ2v) is 3.09. The highest BCUT2D eigenvalue weighted by Crippen LogP contribution is 2.13. The van der Waals surface area contributed by atoms with Crippen molar-refractivity contribution in [2.45, 2.75) is 20.3 Å². The molecule has 0 unspecified atom stereocenters. The SMILES string of the molecule is CC(=O)C=C(C)N1CC(=O)CC1=O. The van der Waals surface area contributed by atoms with Crippen LogP contribution in [0.25, 0.3) is 0 Å². The minimum absolute atomic E-state index is 0.0386. The van der Waals surface area contributed by atoms with Gasteiger partial charge in [0.1, 0.15) is 0 Å². The summed E-state index contributed by atoms with van der Waals surface area (Å²) < 4.78 is 0. The maximum Gasteiger partial charge on any atom is 0.234 e. The van der Waals surface area contributed by atoms with Gasteiger partial charge in [0.05, 0.1) is 13.0 Å². The fourth-order valence-corrected chi connectivity index (χ4v) is 1.28. The number of likely N-dealkylation sites (tertiary alicyclic amines) is 1. The lowest BCUT2D eigenvalue weighted by Crippen LogP contribution is -2.23. The van der Waals surface area contributed by atoms with Crippen molar-refractivity contribution in [1.29, 1.82) is 0 Å². The summed E-state index contributed by atoms with van der Waals surface area (Å²) in [6.45, 7) is 3.16. The van der Waals surface area contributed by atoms with E-state index >= 15 is 0 Å². The second-order valence-electron chi connectivity index (χ2n) is 3.09. The summed E-state index contributed by atoms with van der Waals surface area (Å²) in [7, 11) is 0. The van der Waals surface area contributed by atoms with E-state index in [0.29, 0.717) is 5.70 Å². The number of carbonyl (C=O) groups is 3. The predicted molar refractivity (Wildman–Crippen MR) is 45.8 cm³/mol. The molecular weight excluding hydrogens is 170 g/mol. The van der Waals surface area contributed by atoms with Gasteiger partial charge in [0.25, 0.3) is 0 Å². The van der Waals surface area contributed by atoms with Crippen molar-refractivity contribution in [3.05, 3.63) is 11.8 Å². The van der Waals surface area contributed by atoms with Crippen molar-refractivity contribution in [2.24, 2.45) is 0 Å². The molecule has 1 aliphatic heterocycles. The minimum Gasteiger partial charge on any atom is -0.309 e. The monoisotopic (exact) mass is 181 g/mol. The summed E-state index contributed by atoms with van der Waals surface area (Å²) in [5, 5.41) is 0. The third kappa shape index (κ3) is 2.24. The Hall–Kier alpha value is -1.45. The number of Topliss-reactive ketones (excluding diaryl/α,β-unsaturated/α-hetero) is 1. The van der Waals surface area contributed by atoms with Crippen LogP contribution in [0.5, 0.6) is 0 Å². The summed E-state index contributed by atoms with van der Waals surface area (Å²) in [6.07, 6.45) is 1.32. The summed E-state index contributed by atoms with van der Waals surface area (Å²) in [4.78, 5) is 34.1. The average Bonchev–Trinajstić information content (AvgIpc) is 2.28. The molecule has 1 rings (SSSR count). The first-order chi connectivity index (χ1) is 6.00. The quantitative estimate of drug-likeness (QED) is 0.454. The number of hydrogen-bond acceptors (Lipinski definition) is 3. The third-order valence-corrected chi connectivity index (χ3v) is 1.82. The fourth-order valence-electron chi connectivity index (χ4n) is 1.28. The normalized spacial score (nSPS) is 18.3. The van der Waals surface area contributed by atoms with Gasteiger partial charge in [-0.25, -0.2) is 0 Å². The van der Waals surface area contributed by atoms with Gasteiger partial charge in [-0.3, -0.25) is 14.4 Å². The van der Waals surface area contributed by atoms with Gasteiger partial charge in [0.2, 0.25) is 5.91 Å². The molecule has 1 heterocycles. The molecule has 0 saturated carbocycles. The molecule has 0 aromatic rings. The van der Waals surface area contributed by atoms with E-state index in [2.05, 4.69) is 0 Å². The molecule has 0 aromatic carbocycles. The van der Waals surface area contributed by atoms with E-state index in [0.717, 1.165) is 0 Å². The molecule has 0 bridgehead atoms. The van der Waals surface area contributed by atoms with E-state index in [4.69, 9.17) is 0 Å². The van der Waals surface area contributed by atoms with Crippen molar-refractivity contribution in [2.75, 3.05) is 6.54 Å². The topological polar surface area (TPSA) is 54.5 Å². The van der Waals surface area contributed by atoms with Crippen LogP contribution in [0.15, 0.2) is 11.8 Å². The molecular formula is C9H11NO3. The van der Waals surface area contributed by atoms with Crippen LogP contribution in [0.2, 0.25) is 0 Å². The number of nitrogens with zero attached hydrogens (tertiary/aromatic N) is 1. The molecule has 0 spiro atoms. The molecule has 0 aliphatic carbocycles. The van der Waals surface area contributed by atoms with E-state index in [-0.39, 0.29) is 30.4 Å². The first-order valence-corrected chi connectivity index (χ1v) is 4.01. The van der Waals surface area contributed by atoms with Gasteiger partial charge in [0, 0.05) is 11.8 Å². The van der Waals surface area contributed by atoms with Crippen molar-refractivity contribution in [3.63, 3.8) is 0 Å². The van der Waals surface area contributed by atoms with Crippen molar-refractivity contribution in [1.82, 2.24) is 4.90 Å². The van der Waals surface area contributed by atoms with E-state index < -0.39 is 0 Å². The number of rotatable bonds is 2. The van der Waals surface area contributed by atoms with E-state index in [1.54, 1.807) is 6.92 Å². The highest BCUT2D eigenvalue weighted by molar-refractivity contribution is 6.06. The van der Waals surface area contributed by atoms with E-state index in [9.17, 15) is 14.4 Å². The molecule has 0 radical (unpaired) electrons. The Kier molecular flexibility index (Phi) is 2.60. The summed E-state index contributed by atoms with van der Waals surface area (Å²) in [5.41, 5.74) is 0.545. The molecule has 1 fully saturated rings. The van der Waals surface area contributed by atoms with E-state index in [1.165, 1.54) is 17.9 Å². The lowest BCUT2D eigenvalue weighted by Gasteiger charge is -2.14. The number of allylic oxidation sites excluding steroid dienone is 2. The second kappa shape index (κ2) is 3.51. The molecule has 0 aromatic heterocycles. The van der Waals surface area contributed by atoms with Crippen LogP contribution in [-0.4, -0.2) is 28.9 Å². The Morgan fingerprint density at radius 1 is 1.38 bits per heavy atom. The van der Waals surface area contributed by atoms with Crippen molar-refractivity contribution >= 4 is 17.5 Å². The van der Waals surface area contributed by atoms with Crippen LogP contribution in [0.3, 0.4) is 0 Å². The molecule has 1 aliphatic rings. The zero-order valence-corrected chi connectivity index (χ0v) is 7.66. The first kappa shape index (κ1) is 9.64. The smallest absolute Gasteiger partial charge is 0.234 e. The standard InChI is InChI=1S/C9H11NO3/c1-6(3-7(2)11)10-5-8(12)4-9(10)13/h3H,4-5H2,1-2H3. The van der Waals surface area contributed by atoms with Gasteiger partial charge in [-0.05, 0) is 13.8 Å². The number of carbonyl (C=O) groups excluding carboxylic acids is 3. The Bertz CT molecular complexity index is 304. The Balaban J connectivity index is 2.78.